The first-order valence-electron chi connectivity index (χ1n) is 8.87. The van der Waals surface area contributed by atoms with Crippen molar-refractivity contribution < 1.29 is 0 Å². The monoisotopic (exact) mass is 289 g/mol. The first kappa shape index (κ1) is 15.1. The van der Waals surface area contributed by atoms with Crippen LogP contribution >= 0.6 is 0 Å². The van der Waals surface area contributed by atoms with Crippen molar-refractivity contribution in [3.05, 3.63) is 17.5 Å². The Hall–Kier alpha value is -0.830. The molecule has 0 aromatic carbocycles. The van der Waals surface area contributed by atoms with Crippen LogP contribution in [0.4, 0.5) is 0 Å². The van der Waals surface area contributed by atoms with E-state index >= 15 is 0 Å². The quantitative estimate of drug-likeness (QED) is 0.921. The Balaban J connectivity index is 1.79. The van der Waals surface area contributed by atoms with Gasteiger partial charge in [0, 0.05) is 24.7 Å². The molecule has 3 nitrogen and oxygen atoms in total. The number of nitrogens with two attached hydrogens (primary N) is 1. The number of aryl methyl sites for hydroxylation is 2. The standard InChI is InChI=1S/C18H31N3/c1-14-12-16(21(2)20-14)13-18(19)11-7-6-10-17(18)15-8-4-3-5-9-15/h12,15,17H,3-11,13,19H2,1-2H3. The molecule has 0 aliphatic heterocycles. The molecule has 0 bridgehead atoms. The molecule has 2 saturated carbocycles. The fourth-order valence-electron chi connectivity index (χ4n) is 4.92. The van der Waals surface area contributed by atoms with Crippen molar-refractivity contribution >= 4 is 0 Å². The molecule has 0 spiro atoms. The highest BCUT2D eigenvalue weighted by Crippen LogP contribution is 2.44. The molecule has 2 fully saturated rings. The summed E-state index contributed by atoms with van der Waals surface area (Å²) in [6.07, 6.45) is 13.3. The second-order valence-electron chi connectivity index (χ2n) is 7.56. The van der Waals surface area contributed by atoms with Gasteiger partial charge in [-0.15, -0.1) is 0 Å². The molecule has 0 radical (unpaired) electrons. The van der Waals surface area contributed by atoms with E-state index in [0.717, 1.165) is 24.0 Å². The average molecular weight is 289 g/mol. The third kappa shape index (κ3) is 3.18. The average Bonchev–Trinajstić information content (AvgIpc) is 2.77. The molecule has 1 aromatic heterocycles. The summed E-state index contributed by atoms with van der Waals surface area (Å²) >= 11 is 0. The Morgan fingerprint density at radius 1 is 1.19 bits per heavy atom. The number of aromatic nitrogens is 2. The topological polar surface area (TPSA) is 43.8 Å². The number of nitrogens with zero attached hydrogens (tertiary/aromatic N) is 2. The summed E-state index contributed by atoms with van der Waals surface area (Å²) in [4.78, 5) is 0. The highest BCUT2D eigenvalue weighted by atomic mass is 15.3. The Labute approximate surface area is 129 Å². The van der Waals surface area contributed by atoms with E-state index in [2.05, 4.69) is 25.1 Å². The van der Waals surface area contributed by atoms with Gasteiger partial charge in [-0.05, 0) is 37.7 Å². The van der Waals surface area contributed by atoms with E-state index in [1.165, 1.54) is 63.5 Å². The summed E-state index contributed by atoms with van der Waals surface area (Å²) < 4.78 is 2.04. The molecule has 2 aliphatic rings. The maximum absolute atomic E-state index is 7.00. The third-order valence-corrected chi connectivity index (χ3v) is 5.97. The van der Waals surface area contributed by atoms with Crippen LogP contribution in [0.5, 0.6) is 0 Å². The van der Waals surface area contributed by atoms with Crippen molar-refractivity contribution in [2.45, 2.75) is 76.7 Å². The maximum atomic E-state index is 7.00. The van der Waals surface area contributed by atoms with Gasteiger partial charge < -0.3 is 5.73 Å². The molecule has 1 heterocycles. The van der Waals surface area contributed by atoms with Crippen LogP contribution in [0.25, 0.3) is 0 Å². The van der Waals surface area contributed by atoms with Gasteiger partial charge in [0.1, 0.15) is 0 Å². The van der Waals surface area contributed by atoms with Gasteiger partial charge in [0.2, 0.25) is 0 Å². The zero-order valence-corrected chi connectivity index (χ0v) is 13.8. The van der Waals surface area contributed by atoms with Gasteiger partial charge in [-0.3, -0.25) is 4.68 Å². The lowest BCUT2D eigenvalue weighted by Crippen LogP contribution is -2.54. The van der Waals surface area contributed by atoms with Gasteiger partial charge in [-0.2, -0.15) is 5.10 Å². The zero-order valence-electron chi connectivity index (χ0n) is 13.8. The zero-order chi connectivity index (χ0) is 14.9. The fraction of sp³-hybridized carbons (Fsp3) is 0.833. The van der Waals surface area contributed by atoms with Gasteiger partial charge in [0.25, 0.3) is 0 Å². The Kier molecular flexibility index (Phi) is 4.39. The second kappa shape index (κ2) is 6.12. The number of rotatable bonds is 3. The highest BCUT2D eigenvalue weighted by Gasteiger charge is 2.42. The van der Waals surface area contributed by atoms with Crippen molar-refractivity contribution in [3.8, 4) is 0 Å². The van der Waals surface area contributed by atoms with Crippen LogP contribution in [0.2, 0.25) is 0 Å². The fourth-order valence-corrected chi connectivity index (χ4v) is 4.92. The number of hydrogen-bond donors (Lipinski definition) is 1. The van der Waals surface area contributed by atoms with Crippen molar-refractivity contribution in [2.24, 2.45) is 24.6 Å². The van der Waals surface area contributed by atoms with Crippen molar-refractivity contribution in [3.63, 3.8) is 0 Å². The lowest BCUT2D eigenvalue weighted by molar-refractivity contribution is 0.0981. The summed E-state index contributed by atoms with van der Waals surface area (Å²) in [5, 5.41) is 4.51. The molecule has 21 heavy (non-hydrogen) atoms. The Bertz CT molecular complexity index is 473. The highest BCUT2D eigenvalue weighted by molar-refractivity contribution is 5.14. The van der Waals surface area contributed by atoms with Crippen molar-refractivity contribution in [1.29, 1.82) is 0 Å². The van der Waals surface area contributed by atoms with E-state index < -0.39 is 0 Å². The van der Waals surface area contributed by atoms with E-state index in [9.17, 15) is 0 Å². The Morgan fingerprint density at radius 3 is 2.57 bits per heavy atom. The molecule has 2 unspecified atom stereocenters. The van der Waals surface area contributed by atoms with E-state index in [1.54, 1.807) is 0 Å². The minimum absolute atomic E-state index is 0.000486. The molecule has 0 saturated heterocycles. The predicted octanol–water partition coefficient (Wildman–Crippen LogP) is 3.74. The lowest BCUT2D eigenvalue weighted by atomic mass is 9.63. The van der Waals surface area contributed by atoms with Crippen molar-refractivity contribution in [2.75, 3.05) is 0 Å². The predicted molar refractivity (Wildman–Crippen MR) is 87.1 cm³/mol. The van der Waals surface area contributed by atoms with Crippen molar-refractivity contribution in [1.82, 2.24) is 9.78 Å². The minimum atomic E-state index is 0.000486. The molecule has 0 amide bonds. The summed E-state index contributed by atoms with van der Waals surface area (Å²) in [5.41, 5.74) is 9.43. The molecule has 1 aromatic rings. The molecular formula is C18H31N3. The van der Waals surface area contributed by atoms with Crippen LogP contribution in [0.3, 0.4) is 0 Å². The van der Waals surface area contributed by atoms with Gasteiger partial charge in [-0.1, -0.05) is 44.9 Å². The molecule has 118 valence electrons. The molecule has 2 aliphatic carbocycles. The third-order valence-electron chi connectivity index (χ3n) is 5.97. The minimum Gasteiger partial charge on any atom is -0.324 e. The van der Waals surface area contributed by atoms with Crippen LogP contribution in [0, 0.1) is 18.8 Å². The van der Waals surface area contributed by atoms with Gasteiger partial charge in [-0.25, -0.2) is 0 Å². The van der Waals surface area contributed by atoms with Gasteiger partial charge in [0.05, 0.1) is 5.69 Å². The van der Waals surface area contributed by atoms with Crippen LogP contribution in [-0.2, 0) is 13.5 Å². The Morgan fingerprint density at radius 2 is 1.90 bits per heavy atom. The normalized spacial score (nSPS) is 31.5. The van der Waals surface area contributed by atoms with E-state index in [1.807, 2.05) is 4.68 Å². The summed E-state index contributed by atoms with van der Waals surface area (Å²) in [6.45, 7) is 2.08. The maximum Gasteiger partial charge on any atom is 0.0596 e. The van der Waals surface area contributed by atoms with Crippen LogP contribution in [-0.4, -0.2) is 15.3 Å². The first-order valence-corrected chi connectivity index (χ1v) is 8.87. The van der Waals surface area contributed by atoms with E-state index in [-0.39, 0.29) is 5.54 Å². The summed E-state index contributed by atoms with van der Waals surface area (Å²) in [5.74, 6) is 1.60. The largest absolute Gasteiger partial charge is 0.324 e. The second-order valence-corrected chi connectivity index (χ2v) is 7.56. The molecule has 2 N–H and O–H groups in total. The molecule has 2 atom stereocenters. The van der Waals surface area contributed by atoms with E-state index in [0.29, 0.717) is 0 Å². The molecule has 3 heteroatoms. The first-order chi connectivity index (χ1) is 10.1. The molecular weight excluding hydrogens is 258 g/mol. The van der Waals surface area contributed by atoms with Crippen LogP contribution in [0.1, 0.15) is 69.2 Å². The SMILES string of the molecule is Cc1cc(CC2(N)CCCCC2C2CCCCC2)n(C)n1. The summed E-state index contributed by atoms with van der Waals surface area (Å²) in [7, 11) is 2.06. The van der Waals surface area contributed by atoms with Crippen LogP contribution < -0.4 is 5.73 Å². The van der Waals surface area contributed by atoms with Gasteiger partial charge >= 0.3 is 0 Å². The number of hydrogen-bond acceptors (Lipinski definition) is 2. The molecule has 3 rings (SSSR count). The smallest absolute Gasteiger partial charge is 0.0596 e. The lowest BCUT2D eigenvalue weighted by Gasteiger charge is -2.46. The van der Waals surface area contributed by atoms with Gasteiger partial charge in [0.15, 0.2) is 0 Å². The van der Waals surface area contributed by atoms with Crippen LogP contribution in [0.15, 0.2) is 6.07 Å². The summed E-state index contributed by atoms with van der Waals surface area (Å²) in [6, 6.07) is 2.22. The van der Waals surface area contributed by atoms with E-state index in [4.69, 9.17) is 5.73 Å².